The first kappa shape index (κ1) is 16.7. The highest BCUT2D eigenvalue weighted by Crippen LogP contribution is 2.36. The van der Waals surface area contributed by atoms with E-state index in [-0.39, 0.29) is 0 Å². The molecule has 0 aliphatic rings. The zero-order valence-electron chi connectivity index (χ0n) is 14.5. The maximum atomic E-state index is 9.05. The number of hydrogen-bond acceptors (Lipinski definition) is 6. The summed E-state index contributed by atoms with van der Waals surface area (Å²) < 4.78 is 2.07. The molecule has 3 aromatic heterocycles. The molecule has 3 heterocycles. The normalized spacial score (nSPS) is 10.8. The van der Waals surface area contributed by atoms with Gasteiger partial charge in [-0.25, -0.2) is 9.97 Å². The number of nitrogens with zero attached hydrogens (tertiary/aromatic N) is 4. The maximum absolute atomic E-state index is 9.05. The van der Waals surface area contributed by atoms with E-state index >= 15 is 0 Å². The van der Waals surface area contributed by atoms with Crippen molar-refractivity contribution >= 4 is 38.5 Å². The molecule has 0 aliphatic heterocycles. The standard InChI is InChI=1S/C21H13N5S2/c22-12-14-6-8-15(9-7-14)18-19(26-10-11-27-21(26)25-18)17-13-28-20(24-17)23-16-4-2-1-3-5-16/h1-11,13H,(H,23,24). The summed E-state index contributed by atoms with van der Waals surface area (Å²) in [5, 5.41) is 17.3. The van der Waals surface area contributed by atoms with E-state index in [1.165, 1.54) is 0 Å². The highest BCUT2D eigenvalue weighted by Gasteiger charge is 2.19. The van der Waals surface area contributed by atoms with Gasteiger partial charge in [-0.3, -0.25) is 4.40 Å². The third-order valence-corrected chi connectivity index (χ3v) is 5.84. The molecular weight excluding hydrogens is 386 g/mol. The second kappa shape index (κ2) is 6.93. The molecule has 0 spiro atoms. The number of aromatic nitrogens is 3. The molecule has 0 atom stereocenters. The van der Waals surface area contributed by atoms with Gasteiger partial charge in [-0.2, -0.15) is 5.26 Å². The number of anilines is 2. The van der Waals surface area contributed by atoms with Crippen molar-refractivity contribution in [3.63, 3.8) is 0 Å². The van der Waals surface area contributed by atoms with Gasteiger partial charge >= 0.3 is 0 Å². The molecule has 0 radical (unpaired) electrons. The van der Waals surface area contributed by atoms with Gasteiger partial charge in [-0.1, -0.05) is 30.3 Å². The Kier molecular flexibility index (Phi) is 4.13. The lowest BCUT2D eigenvalue weighted by Gasteiger charge is -2.03. The molecule has 0 saturated carbocycles. The Bertz CT molecular complexity index is 1290. The SMILES string of the molecule is N#Cc1ccc(-c2nc3sccn3c2-c2csc(Nc3ccccc3)n2)cc1. The monoisotopic (exact) mass is 399 g/mol. The van der Waals surface area contributed by atoms with Crippen LogP contribution >= 0.6 is 22.7 Å². The topological polar surface area (TPSA) is 66.0 Å². The van der Waals surface area contributed by atoms with Crippen LogP contribution in [0.15, 0.2) is 71.6 Å². The van der Waals surface area contributed by atoms with Crippen molar-refractivity contribution < 1.29 is 0 Å². The van der Waals surface area contributed by atoms with E-state index in [2.05, 4.69) is 15.8 Å². The minimum atomic E-state index is 0.634. The van der Waals surface area contributed by atoms with Gasteiger partial charge in [0.1, 0.15) is 11.4 Å². The van der Waals surface area contributed by atoms with Crippen LogP contribution in [-0.4, -0.2) is 14.4 Å². The van der Waals surface area contributed by atoms with Crippen LogP contribution < -0.4 is 5.32 Å². The summed E-state index contributed by atoms with van der Waals surface area (Å²) in [5.41, 5.74) is 5.30. The minimum absolute atomic E-state index is 0.634. The molecule has 2 aromatic carbocycles. The van der Waals surface area contributed by atoms with Gasteiger partial charge in [-0.15, -0.1) is 22.7 Å². The van der Waals surface area contributed by atoms with E-state index in [1.807, 2.05) is 71.6 Å². The second-order valence-corrected chi connectivity index (χ2v) is 7.81. The van der Waals surface area contributed by atoms with Crippen molar-refractivity contribution in [2.75, 3.05) is 5.32 Å². The first-order chi connectivity index (χ1) is 13.8. The first-order valence-corrected chi connectivity index (χ1v) is 10.3. The average Bonchev–Trinajstić information content (AvgIpc) is 3.45. The van der Waals surface area contributed by atoms with Gasteiger partial charge in [0.05, 0.1) is 17.3 Å². The van der Waals surface area contributed by atoms with Crippen LogP contribution in [0, 0.1) is 11.3 Å². The fraction of sp³-hybridized carbons (Fsp3) is 0. The smallest absolute Gasteiger partial charge is 0.194 e. The number of rotatable bonds is 4. The average molecular weight is 400 g/mol. The van der Waals surface area contributed by atoms with Crippen LogP contribution in [0.5, 0.6) is 0 Å². The Hall–Kier alpha value is -3.47. The van der Waals surface area contributed by atoms with E-state index < -0.39 is 0 Å². The summed E-state index contributed by atoms with van der Waals surface area (Å²) in [6.45, 7) is 0. The number of nitrogens with one attached hydrogen (secondary N) is 1. The Morgan fingerprint density at radius 3 is 2.57 bits per heavy atom. The molecule has 1 N–H and O–H groups in total. The lowest BCUT2D eigenvalue weighted by molar-refractivity contribution is 1.21. The predicted octanol–water partition coefficient (Wildman–Crippen LogP) is 5.80. The first-order valence-electron chi connectivity index (χ1n) is 8.56. The number of nitriles is 1. The quantitative estimate of drug-likeness (QED) is 0.415. The molecular formula is C21H13N5S2. The third-order valence-electron chi connectivity index (χ3n) is 4.32. The van der Waals surface area contributed by atoms with E-state index in [0.717, 1.165) is 38.4 Å². The lowest BCUT2D eigenvalue weighted by atomic mass is 10.1. The number of thiazole rings is 2. The number of hydrogen-bond donors (Lipinski definition) is 1. The highest BCUT2D eigenvalue weighted by atomic mass is 32.1. The van der Waals surface area contributed by atoms with Crippen LogP contribution in [0.2, 0.25) is 0 Å². The zero-order valence-corrected chi connectivity index (χ0v) is 16.2. The van der Waals surface area contributed by atoms with Crippen molar-refractivity contribution in [1.29, 1.82) is 5.26 Å². The summed E-state index contributed by atoms with van der Waals surface area (Å²) in [6, 6.07) is 19.7. The predicted molar refractivity (Wildman–Crippen MR) is 114 cm³/mol. The molecule has 7 heteroatoms. The molecule has 5 aromatic rings. The molecule has 0 amide bonds. The van der Waals surface area contributed by atoms with Gasteiger partial charge in [0.15, 0.2) is 10.1 Å². The van der Waals surface area contributed by atoms with Crippen LogP contribution in [0.3, 0.4) is 0 Å². The fourth-order valence-corrected chi connectivity index (χ4v) is 4.45. The Morgan fingerprint density at radius 1 is 0.964 bits per heavy atom. The van der Waals surface area contributed by atoms with E-state index in [0.29, 0.717) is 5.56 Å². The van der Waals surface area contributed by atoms with Gasteiger partial charge in [0.2, 0.25) is 0 Å². The highest BCUT2D eigenvalue weighted by molar-refractivity contribution is 7.15. The molecule has 0 bridgehead atoms. The summed E-state index contributed by atoms with van der Waals surface area (Å²) in [5.74, 6) is 0. The molecule has 0 saturated heterocycles. The number of imidazole rings is 1. The Labute approximate surface area is 169 Å². The van der Waals surface area contributed by atoms with Gasteiger partial charge in [0, 0.05) is 28.2 Å². The molecule has 28 heavy (non-hydrogen) atoms. The maximum Gasteiger partial charge on any atom is 0.194 e. The number of para-hydroxylation sites is 1. The molecule has 0 fully saturated rings. The largest absolute Gasteiger partial charge is 0.332 e. The summed E-state index contributed by atoms with van der Waals surface area (Å²) in [7, 11) is 0. The Balaban J connectivity index is 1.58. The molecule has 134 valence electrons. The fourth-order valence-electron chi connectivity index (χ4n) is 3.02. The third kappa shape index (κ3) is 2.95. The second-order valence-electron chi connectivity index (χ2n) is 6.08. The van der Waals surface area contributed by atoms with E-state index in [9.17, 15) is 0 Å². The van der Waals surface area contributed by atoms with Crippen molar-refractivity contribution in [1.82, 2.24) is 14.4 Å². The van der Waals surface area contributed by atoms with Crippen LogP contribution in [0.1, 0.15) is 5.56 Å². The van der Waals surface area contributed by atoms with Gasteiger partial charge < -0.3 is 5.32 Å². The van der Waals surface area contributed by atoms with Crippen LogP contribution in [0.25, 0.3) is 27.6 Å². The minimum Gasteiger partial charge on any atom is -0.332 e. The summed E-state index contributed by atoms with van der Waals surface area (Å²) >= 11 is 3.15. The number of benzene rings is 2. The van der Waals surface area contributed by atoms with Crippen molar-refractivity contribution in [3.8, 4) is 28.7 Å². The zero-order chi connectivity index (χ0) is 18.9. The molecule has 5 rings (SSSR count). The summed E-state index contributed by atoms with van der Waals surface area (Å²) in [6.07, 6.45) is 2.01. The molecule has 5 nitrogen and oxygen atoms in total. The van der Waals surface area contributed by atoms with Crippen molar-refractivity contribution in [2.45, 2.75) is 0 Å². The molecule has 0 aliphatic carbocycles. The van der Waals surface area contributed by atoms with Crippen molar-refractivity contribution in [2.24, 2.45) is 0 Å². The number of fused-ring (bicyclic) bond motifs is 1. The van der Waals surface area contributed by atoms with E-state index in [1.54, 1.807) is 22.7 Å². The van der Waals surface area contributed by atoms with Crippen LogP contribution in [-0.2, 0) is 0 Å². The van der Waals surface area contributed by atoms with Gasteiger partial charge in [0.25, 0.3) is 0 Å². The Morgan fingerprint density at radius 2 is 1.79 bits per heavy atom. The summed E-state index contributed by atoms with van der Waals surface area (Å²) in [4.78, 5) is 10.5. The van der Waals surface area contributed by atoms with Crippen molar-refractivity contribution in [3.05, 3.63) is 77.1 Å². The molecule has 0 unspecified atom stereocenters. The van der Waals surface area contributed by atoms with Crippen LogP contribution in [0.4, 0.5) is 10.8 Å². The van der Waals surface area contributed by atoms with E-state index in [4.69, 9.17) is 15.2 Å². The van der Waals surface area contributed by atoms with Gasteiger partial charge in [-0.05, 0) is 24.3 Å². The lowest BCUT2D eigenvalue weighted by Crippen LogP contribution is -1.91.